The molecule has 2 rings (SSSR count). The van der Waals surface area contributed by atoms with Crippen LogP contribution < -0.4 is 5.32 Å². The van der Waals surface area contributed by atoms with Gasteiger partial charge in [0.05, 0.1) is 22.3 Å². The van der Waals surface area contributed by atoms with Crippen molar-refractivity contribution in [3.8, 4) is 0 Å². The van der Waals surface area contributed by atoms with E-state index in [9.17, 15) is 21.6 Å². The third kappa shape index (κ3) is 4.27. The molecule has 1 aliphatic heterocycles. The predicted molar refractivity (Wildman–Crippen MR) is 101 cm³/mol. The summed E-state index contributed by atoms with van der Waals surface area (Å²) in [6.45, 7) is 7.83. The van der Waals surface area contributed by atoms with Gasteiger partial charge in [0.25, 0.3) is 0 Å². The maximum atomic E-state index is 12.8. The van der Waals surface area contributed by atoms with Gasteiger partial charge in [0.1, 0.15) is 0 Å². The molecule has 7 nitrogen and oxygen atoms in total. The Morgan fingerprint density at radius 3 is 2.35 bits per heavy atom. The molecular weight excluding hydrogens is 376 g/mol. The number of sulfone groups is 1. The number of anilines is 1. The molecule has 146 valence electrons. The quantitative estimate of drug-likeness (QED) is 0.781. The summed E-state index contributed by atoms with van der Waals surface area (Å²) < 4.78 is 50.1. The summed E-state index contributed by atoms with van der Waals surface area (Å²) in [5.41, 5.74) is 1.91. The van der Waals surface area contributed by atoms with Gasteiger partial charge in [-0.1, -0.05) is 13.8 Å². The molecule has 9 heteroatoms. The Bertz CT molecular complexity index is 903. The molecule has 1 aromatic carbocycles. The first kappa shape index (κ1) is 20.9. The molecule has 26 heavy (non-hydrogen) atoms. The second kappa shape index (κ2) is 7.66. The van der Waals surface area contributed by atoms with Gasteiger partial charge in [-0.25, -0.2) is 16.8 Å². The molecule has 0 aromatic heterocycles. The Hall–Kier alpha value is -1.45. The lowest BCUT2D eigenvalue weighted by Gasteiger charge is -2.21. The van der Waals surface area contributed by atoms with Gasteiger partial charge in [-0.05, 0) is 43.5 Å². The average molecular weight is 403 g/mol. The first-order valence-corrected chi connectivity index (χ1v) is 11.9. The number of sulfonamides is 1. The zero-order valence-corrected chi connectivity index (χ0v) is 17.2. The van der Waals surface area contributed by atoms with E-state index >= 15 is 0 Å². The third-order valence-corrected chi connectivity index (χ3v) is 8.64. The Balaban J connectivity index is 2.35. The Labute approximate surface area is 155 Å². The summed E-state index contributed by atoms with van der Waals surface area (Å²) >= 11 is 0. The maximum absolute atomic E-state index is 12.8. The first-order valence-electron chi connectivity index (χ1n) is 8.64. The summed E-state index contributed by atoms with van der Waals surface area (Å²) in [6, 6.07) is 3.05. The number of hydrogen-bond donors (Lipinski definition) is 1. The minimum atomic E-state index is -3.65. The van der Waals surface area contributed by atoms with Crippen LogP contribution in [0.5, 0.6) is 0 Å². The van der Waals surface area contributed by atoms with Crippen LogP contribution in [-0.4, -0.2) is 51.6 Å². The highest BCUT2D eigenvalue weighted by atomic mass is 32.2. The zero-order valence-electron chi connectivity index (χ0n) is 15.6. The molecule has 0 aliphatic carbocycles. The highest BCUT2D eigenvalue weighted by molar-refractivity contribution is 7.91. The average Bonchev–Trinajstić information content (AvgIpc) is 2.92. The Morgan fingerprint density at radius 2 is 1.85 bits per heavy atom. The lowest BCUT2D eigenvalue weighted by Crippen LogP contribution is -2.31. The van der Waals surface area contributed by atoms with Crippen LogP contribution in [0.2, 0.25) is 0 Å². The number of nitrogens with one attached hydrogen (secondary N) is 1. The number of benzene rings is 1. The van der Waals surface area contributed by atoms with Crippen LogP contribution in [0.25, 0.3) is 0 Å². The minimum Gasteiger partial charge on any atom is -0.326 e. The van der Waals surface area contributed by atoms with Gasteiger partial charge in [-0.3, -0.25) is 4.79 Å². The van der Waals surface area contributed by atoms with Gasteiger partial charge >= 0.3 is 0 Å². The number of carbonyl (C=O) groups excluding carboxylic acids is 1. The van der Waals surface area contributed by atoms with E-state index in [0.717, 1.165) is 11.1 Å². The van der Waals surface area contributed by atoms with E-state index < -0.39 is 25.8 Å². The fourth-order valence-electron chi connectivity index (χ4n) is 3.05. The number of amides is 1. The summed E-state index contributed by atoms with van der Waals surface area (Å²) in [4.78, 5) is 12.6. The number of carbonyl (C=O) groups is 1. The number of aryl methyl sites for hydroxylation is 1. The molecule has 1 N–H and O–H groups in total. The number of nitrogens with zero attached hydrogens (tertiary/aromatic N) is 1. The summed E-state index contributed by atoms with van der Waals surface area (Å²) in [7, 11) is -6.81. The van der Waals surface area contributed by atoms with Gasteiger partial charge in [0.2, 0.25) is 15.9 Å². The lowest BCUT2D eigenvalue weighted by molar-refractivity contribution is -0.119. The van der Waals surface area contributed by atoms with Crippen molar-refractivity contribution in [2.75, 3.05) is 29.9 Å². The molecule has 1 aliphatic rings. The van der Waals surface area contributed by atoms with Crippen molar-refractivity contribution >= 4 is 31.5 Å². The van der Waals surface area contributed by atoms with E-state index in [-0.39, 0.29) is 22.3 Å². The van der Waals surface area contributed by atoms with Crippen LogP contribution in [0.1, 0.15) is 31.4 Å². The molecule has 0 bridgehead atoms. The van der Waals surface area contributed by atoms with Gasteiger partial charge in [-0.2, -0.15) is 4.31 Å². The maximum Gasteiger partial charge on any atom is 0.243 e. The van der Waals surface area contributed by atoms with Crippen LogP contribution >= 0.6 is 0 Å². The smallest absolute Gasteiger partial charge is 0.243 e. The summed E-state index contributed by atoms with van der Waals surface area (Å²) in [6.07, 6.45) is 0.295. The summed E-state index contributed by atoms with van der Waals surface area (Å²) in [5.74, 6) is -1.12. The van der Waals surface area contributed by atoms with E-state index in [2.05, 4.69) is 5.32 Å². The van der Waals surface area contributed by atoms with Gasteiger partial charge in [-0.15, -0.1) is 0 Å². The molecular formula is C17H26N2O5S2. The number of rotatable bonds is 6. The molecule has 1 amide bonds. The molecule has 0 spiro atoms. The minimum absolute atomic E-state index is 0.0134. The van der Waals surface area contributed by atoms with Gasteiger partial charge < -0.3 is 5.32 Å². The second-order valence-electron chi connectivity index (χ2n) is 6.59. The van der Waals surface area contributed by atoms with Crippen LogP contribution in [0.15, 0.2) is 17.0 Å². The molecule has 1 fully saturated rings. The largest absolute Gasteiger partial charge is 0.326 e. The first-order chi connectivity index (χ1) is 12.0. The molecule has 1 saturated heterocycles. The van der Waals surface area contributed by atoms with Gasteiger partial charge in [0.15, 0.2) is 9.84 Å². The van der Waals surface area contributed by atoms with Crippen LogP contribution in [0, 0.1) is 19.8 Å². The third-order valence-electron chi connectivity index (χ3n) is 4.85. The van der Waals surface area contributed by atoms with Crippen molar-refractivity contribution in [3.05, 3.63) is 23.3 Å². The van der Waals surface area contributed by atoms with Crippen molar-refractivity contribution in [2.45, 2.75) is 39.0 Å². The van der Waals surface area contributed by atoms with E-state index in [0.29, 0.717) is 25.2 Å². The van der Waals surface area contributed by atoms with E-state index in [4.69, 9.17) is 0 Å². The Morgan fingerprint density at radius 1 is 1.23 bits per heavy atom. The SMILES string of the molecule is CCN(CC)S(=O)(=O)c1cc(C)c(C)c(NC(=O)C2CCS(=O)(=O)C2)c1. The van der Waals surface area contributed by atoms with Crippen molar-refractivity contribution in [1.82, 2.24) is 4.31 Å². The highest BCUT2D eigenvalue weighted by Crippen LogP contribution is 2.28. The lowest BCUT2D eigenvalue weighted by atomic mass is 10.1. The van der Waals surface area contributed by atoms with E-state index in [1.165, 1.54) is 10.4 Å². The molecule has 0 radical (unpaired) electrons. The molecule has 0 saturated carbocycles. The molecule has 1 unspecified atom stereocenters. The topological polar surface area (TPSA) is 101 Å². The van der Waals surface area contributed by atoms with Crippen LogP contribution in [-0.2, 0) is 24.7 Å². The van der Waals surface area contributed by atoms with Crippen LogP contribution in [0.4, 0.5) is 5.69 Å². The zero-order chi connectivity index (χ0) is 19.7. The van der Waals surface area contributed by atoms with E-state index in [1.807, 2.05) is 0 Å². The Kier molecular flexibility index (Phi) is 6.14. The van der Waals surface area contributed by atoms with Crippen molar-refractivity contribution in [1.29, 1.82) is 0 Å². The van der Waals surface area contributed by atoms with Gasteiger partial charge in [0, 0.05) is 18.8 Å². The van der Waals surface area contributed by atoms with Crippen LogP contribution in [0.3, 0.4) is 0 Å². The van der Waals surface area contributed by atoms with Crippen molar-refractivity contribution in [3.63, 3.8) is 0 Å². The molecule has 1 heterocycles. The summed E-state index contributed by atoms with van der Waals surface area (Å²) in [5, 5.41) is 2.73. The normalized spacial score (nSPS) is 19.7. The standard InChI is InChI=1S/C17H26N2O5S2/c1-5-19(6-2)26(23,24)15-9-12(3)13(4)16(10-15)18-17(20)14-7-8-25(21,22)11-14/h9-10,14H,5-8,11H2,1-4H3,(H,18,20). The predicted octanol–water partition coefficient (Wildman–Crippen LogP) is 1.71. The van der Waals surface area contributed by atoms with E-state index in [1.54, 1.807) is 33.8 Å². The van der Waals surface area contributed by atoms with Crippen molar-refractivity contribution in [2.24, 2.45) is 5.92 Å². The fourth-order valence-corrected chi connectivity index (χ4v) is 6.37. The second-order valence-corrected chi connectivity index (χ2v) is 10.8. The highest BCUT2D eigenvalue weighted by Gasteiger charge is 2.33. The monoisotopic (exact) mass is 402 g/mol. The molecule has 1 atom stereocenters. The molecule has 1 aromatic rings. The number of hydrogen-bond acceptors (Lipinski definition) is 5. The van der Waals surface area contributed by atoms with Crippen molar-refractivity contribution < 1.29 is 21.6 Å². The fraction of sp³-hybridized carbons (Fsp3) is 0.588.